The van der Waals surface area contributed by atoms with Crippen molar-refractivity contribution in [3.8, 4) is 0 Å². The van der Waals surface area contributed by atoms with E-state index >= 15 is 0 Å². The second-order valence-corrected chi connectivity index (χ2v) is 6.32. The maximum atomic E-state index is 11.9. The molecule has 0 unspecified atom stereocenters. The van der Waals surface area contributed by atoms with Crippen LogP contribution in [0.2, 0.25) is 0 Å². The van der Waals surface area contributed by atoms with Crippen molar-refractivity contribution in [2.75, 3.05) is 35.6 Å². The van der Waals surface area contributed by atoms with Crippen molar-refractivity contribution in [3.05, 3.63) is 30.2 Å². The van der Waals surface area contributed by atoms with E-state index in [2.05, 4.69) is 25.2 Å². The fourth-order valence-corrected chi connectivity index (χ4v) is 3.05. The number of hydrogen-bond acceptors (Lipinski definition) is 8. The summed E-state index contributed by atoms with van der Waals surface area (Å²) in [6, 6.07) is 3.85. The minimum Gasteiger partial charge on any atom is -0.466 e. The summed E-state index contributed by atoms with van der Waals surface area (Å²) in [4.78, 5) is 26.8. The third-order valence-corrected chi connectivity index (χ3v) is 4.44. The predicted molar refractivity (Wildman–Crippen MR) is 100 cm³/mol. The normalized spacial score (nSPS) is 14.9. The van der Waals surface area contributed by atoms with Crippen LogP contribution in [0.4, 0.5) is 23.1 Å². The van der Waals surface area contributed by atoms with Gasteiger partial charge in [0.2, 0.25) is 0 Å². The van der Waals surface area contributed by atoms with Crippen LogP contribution in [0.15, 0.2) is 24.7 Å². The van der Waals surface area contributed by atoms with Crippen LogP contribution in [0.1, 0.15) is 25.3 Å². The number of piperidine rings is 1. The van der Waals surface area contributed by atoms with Gasteiger partial charge in [0.1, 0.15) is 17.8 Å². The third-order valence-electron chi connectivity index (χ3n) is 4.44. The van der Waals surface area contributed by atoms with Gasteiger partial charge in [0.15, 0.2) is 11.6 Å². The summed E-state index contributed by atoms with van der Waals surface area (Å²) in [5.74, 6) is 1.72. The molecule has 0 bridgehead atoms. The van der Waals surface area contributed by atoms with Crippen LogP contribution in [0, 0.1) is 12.8 Å². The maximum Gasteiger partial charge on any atom is 0.309 e. The topological polar surface area (TPSA) is 106 Å². The summed E-state index contributed by atoms with van der Waals surface area (Å²) in [5.41, 5.74) is 7.86. The predicted octanol–water partition coefficient (Wildman–Crippen LogP) is 2.29. The lowest BCUT2D eigenvalue weighted by molar-refractivity contribution is -0.148. The zero-order valence-electron chi connectivity index (χ0n) is 15.1. The summed E-state index contributed by atoms with van der Waals surface area (Å²) in [6.45, 7) is 5.64. The Labute approximate surface area is 152 Å². The molecule has 0 aromatic carbocycles. The Bertz CT molecular complexity index is 774. The molecule has 0 aliphatic carbocycles. The SMILES string of the molecule is CCOC(=O)C1CCN(c2ncnc(Nc3cc(C)ccn3)c2N)CC1. The molecule has 1 saturated heterocycles. The number of aryl methyl sites for hydroxylation is 1. The van der Waals surface area contributed by atoms with Crippen LogP contribution in [-0.2, 0) is 9.53 Å². The maximum absolute atomic E-state index is 11.9. The molecule has 1 fully saturated rings. The summed E-state index contributed by atoms with van der Waals surface area (Å²) >= 11 is 0. The van der Waals surface area contributed by atoms with Gasteiger partial charge in [-0.15, -0.1) is 0 Å². The first-order valence-corrected chi connectivity index (χ1v) is 8.80. The molecule has 2 aromatic heterocycles. The van der Waals surface area contributed by atoms with Gasteiger partial charge in [0.25, 0.3) is 0 Å². The van der Waals surface area contributed by atoms with Gasteiger partial charge in [-0.25, -0.2) is 15.0 Å². The van der Waals surface area contributed by atoms with Gasteiger partial charge in [0, 0.05) is 19.3 Å². The van der Waals surface area contributed by atoms with Crippen molar-refractivity contribution < 1.29 is 9.53 Å². The van der Waals surface area contributed by atoms with E-state index in [1.807, 2.05) is 26.0 Å². The van der Waals surface area contributed by atoms with E-state index in [9.17, 15) is 4.79 Å². The fourth-order valence-electron chi connectivity index (χ4n) is 3.05. The van der Waals surface area contributed by atoms with Crippen molar-refractivity contribution >= 4 is 29.1 Å². The Morgan fingerprint density at radius 2 is 2.12 bits per heavy atom. The lowest BCUT2D eigenvalue weighted by Crippen LogP contribution is -2.37. The lowest BCUT2D eigenvalue weighted by Gasteiger charge is -2.32. The van der Waals surface area contributed by atoms with Crippen LogP contribution < -0.4 is 16.0 Å². The van der Waals surface area contributed by atoms with Crippen LogP contribution in [-0.4, -0.2) is 40.6 Å². The van der Waals surface area contributed by atoms with E-state index in [0.29, 0.717) is 42.8 Å². The number of aromatic nitrogens is 3. The van der Waals surface area contributed by atoms with Crippen LogP contribution in [0.3, 0.4) is 0 Å². The van der Waals surface area contributed by atoms with E-state index in [0.717, 1.165) is 18.4 Å². The molecule has 3 heterocycles. The molecule has 8 heteroatoms. The Balaban J connectivity index is 1.71. The molecule has 1 aliphatic rings. The molecule has 0 spiro atoms. The third kappa shape index (κ3) is 4.01. The minimum atomic E-state index is -0.115. The van der Waals surface area contributed by atoms with Crippen molar-refractivity contribution in [3.63, 3.8) is 0 Å². The van der Waals surface area contributed by atoms with E-state index in [4.69, 9.17) is 10.5 Å². The first-order chi connectivity index (χ1) is 12.6. The molecular weight excluding hydrogens is 332 g/mol. The highest BCUT2D eigenvalue weighted by Gasteiger charge is 2.27. The Hall–Kier alpha value is -2.90. The number of anilines is 4. The molecule has 0 atom stereocenters. The molecule has 138 valence electrons. The second kappa shape index (κ2) is 7.99. The van der Waals surface area contributed by atoms with Gasteiger partial charge in [-0.1, -0.05) is 0 Å². The molecule has 1 aliphatic heterocycles. The second-order valence-electron chi connectivity index (χ2n) is 6.32. The number of nitrogens with two attached hydrogens (primary N) is 1. The van der Waals surface area contributed by atoms with Gasteiger partial charge in [-0.2, -0.15) is 0 Å². The van der Waals surface area contributed by atoms with Crippen molar-refractivity contribution in [1.82, 2.24) is 15.0 Å². The minimum absolute atomic E-state index is 0.0525. The quantitative estimate of drug-likeness (QED) is 0.786. The molecule has 3 rings (SSSR count). The summed E-state index contributed by atoms with van der Waals surface area (Å²) in [5, 5.41) is 3.15. The summed E-state index contributed by atoms with van der Waals surface area (Å²) in [6.07, 6.45) is 4.67. The lowest BCUT2D eigenvalue weighted by atomic mass is 9.97. The Morgan fingerprint density at radius 3 is 2.81 bits per heavy atom. The monoisotopic (exact) mass is 356 g/mol. The number of ether oxygens (including phenoxy) is 1. The van der Waals surface area contributed by atoms with Gasteiger partial charge in [-0.3, -0.25) is 4.79 Å². The molecule has 26 heavy (non-hydrogen) atoms. The van der Waals surface area contributed by atoms with Gasteiger partial charge in [0.05, 0.1) is 12.5 Å². The van der Waals surface area contributed by atoms with Crippen LogP contribution in [0.5, 0.6) is 0 Å². The van der Waals surface area contributed by atoms with Crippen molar-refractivity contribution in [2.24, 2.45) is 5.92 Å². The number of nitrogen functional groups attached to an aromatic ring is 1. The van der Waals surface area contributed by atoms with Crippen LogP contribution in [0.25, 0.3) is 0 Å². The molecule has 0 radical (unpaired) electrons. The zero-order chi connectivity index (χ0) is 18.5. The van der Waals surface area contributed by atoms with Crippen LogP contribution >= 0.6 is 0 Å². The number of carbonyl (C=O) groups is 1. The van der Waals surface area contributed by atoms with E-state index in [1.165, 1.54) is 6.33 Å². The van der Waals surface area contributed by atoms with Crippen molar-refractivity contribution in [2.45, 2.75) is 26.7 Å². The fraction of sp³-hybridized carbons (Fsp3) is 0.444. The van der Waals surface area contributed by atoms with E-state index in [1.54, 1.807) is 6.20 Å². The molecule has 3 N–H and O–H groups in total. The smallest absolute Gasteiger partial charge is 0.309 e. The highest BCUT2D eigenvalue weighted by atomic mass is 16.5. The first kappa shape index (κ1) is 17.9. The zero-order valence-corrected chi connectivity index (χ0v) is 15.1. The number of carbonyl (C=O) groups excluding carboxylic acids is 1. The molecular formula is C18H24N6O2. The van der Waals surface area contributed by atoms with E-state index < -0.39 is 0 Å². The highest BCUT2D eigenvalue weighted by molar-refractivity contribution is 5.78. The molecule has 8 nitrogen and oxygen atoms in total. The highest BCUT2D eigenvalue weighted by Crippen LogP contribution is 2.31. The number of rotatable bonds is 5. The van der Waals surface area contributed by atoms with Gasteiger partial charge in [-0.05, 0) is 44.4 Å². The van der Waals surface area contributed by atoms with Gasteiger partial charge < -0.3 is 20.7 Å². The largest absolute Gasteiger partial charge is 0.466 e. The summed E-state index contributed by atoms with van der Waals surface area (Å²) in [7, 11) is 0. The number of hydrogen-bond donors (Lipinski definition) is 2. The summed E-state index contributed by atoms with van der Waals surface area (Å²) < 4.78 is 5.12. The molecule has 0 saturated carbocycles. The van der Waals surface area contributed by atoms with Crippen molar-refractivity contribution in [1.29, 1.82) is 0 Å². The van der Waals surface area contributed by atoms with Gasteiger partial charge >= 0.3 is 5.97 Å². The standard InChI is InChI=1S/C18H24N6O2/c1-3-26-18(25)13-5-8-24(9-6-13)17-15(19)16(21-11-22-17)23-14-10-12(2)4-7-20-14/h4,7,10-11,13H,3,5-6,8-9,19H2,1-2H3,(H,20,21,22,23). The molecule has 0 amide bonds. The number of pyridine rings is 1. The van der Waals surface area contributed by atoms with E-state index in [-0.39, 0.29) is 11.9 Å². The Kier molecular flexibility index (Phi) is 5.50. The number of esters is 1. The Morgan fingerprint density at radius 1 is 1.35 bits per heavy atom. The first-order valence-electron chi connectivity index (χ1n) is 8.80. The average molecular weight is 356 g/mol. The number of nitrogens with zero attached hydrogens (tertiary/aromatic N) is 4. The molecule has 2 aromatic rings. The average Bonchev–Trinajstić information content (AvgIpc) is 2.64. The number of nitrogens with one attached hydrogen (secondary N) is 1.